The molecule has 0 spiro atoms. The number of benzene rings is 3. The number of hydrogen-bond acceptors (Lipinski definition) is 3. The van der Waals surface area contributed by atoms with Crippen LogP contribution in [0.3, 0.4) is 0 Å². The molecule has 4 rings (SSSR count). The number of carbonyl (C=O) groups is 1. The second-order valence-corrected chi connectivity index (χ2v) is 8.50. The molecule has 1 fully saturated rings. The van der Waals surface area contributed by atoms with Crippen LogP contribution >= 0.6 is 0 Å². The van der Waals surface area contributed by atoms with Crippen LogP contribution in [0.5, 0.6) is 0 Å². The number of amides is 1. The summed E-state index contributed by atoms with van der Waals surface area (Å²) in [6, 6.07) is 30.0. The lowest BCUT2D eigenvalue weighted by molar-refractivity contribution is -0.129. The summed E-state index contributed by atoms with van der Waals surface area (Å²) in [6.45, 7) is 4.48. The monoisotopic (exact) mass is 445 g/mol. The third kappa shape index (κ3) is 9.60. The first-order chi connectivity index (χ1) is 16.0. The van der Waals surface area contributed by atoms with Gasteiger partial charge in [-0.3, -0.25) is 4.79 Å². The van der Waals surface area contributed by atoms with E-state index in [-0.39, 0.29) is 17.9 Å². The summed E-state index contributed by atoms with van der Waals surface area (Å²) in [5.41, 5.74) is 8.87. The van der Waals surface area contributed by atoms with E-state index in [2.05, 4.69) is 5.32 Å². The average Bonchev–Trinajstić information content (AvgIpc) is 2.88. The van der Waals surface area contributed by atoms with E-state index in [0.717, 1.165) is 11.1 Å². The van der Waals surface area contributed by atoms with Gasteiger partial charge in [-0.15, -0.1) is 0 Å². The molecular formula is C29H39N3O. The fraction of sp³-hybridized carbons (Fsp3) is 0.345. The van der Waals surface area contributed by atoms with Crippen molar-refractivity contribution in [2.75, 3.05) is 27.2 Å². The summed E-state index contributed by atoms with van der Waals surface area (Å²) in [5, 5.41) is 3.28. The molecule has 0 radical (unpaired) electrons. The molecule has 1 amide bonds. The molecule has 0 aliphatic carbocycles. The fourth-order valence-corrected chi connectivity index (χ4v) is 3.59. The highest BCUT2D eigenvalue weighted by molar-refractivity contribution is 5.86. The van der Waals surface area contributed by atoms with Gasteiger partial charge in [0.05, 0.1) is 5.92 Å². The molecule has 1 heterocycles. The van der Waals surface area contributed by atoms with E-state index < -0.39 is 0 Å². The first-order valence-electron chi connectivity index (χ1n) is 11.8. The summed E-state index contributed by atoms with van der Waals surface area (Å²) in [6.07, 6.45) is 4.22. The van der Waals surface area contributed by atoms with Crippen molar-refractivity contribution in [1.82, 2.24) is 10.2 Å². The molecular weight excluding hydrogens is 406 g/mol. The third-order valence-corrected chi connectivity index (χ3v) is 5.49. The highest BCUT2D eigenvalue weighted by Crippen LogP contribution is 2.25. The van der Waals surface area contributed by atoms with Gasteiger partial charge in [0.15, 0.2) is 0 Å². The maximum absolute atomic E-state index is 12.4. The van der Waals surface area contributed by atoms with Crippen molar-refractivity contribution in [2.45, 2.75) is 38.1 Å². The molecule has 1 saturated heterocycles. The Morgan fingerprint density at radius 3 is 1.36 bits per heavy atom. The molecule has 0 bridgehead atoms. The number of piperidine rings is 1. The summed E-state index contributed by atoms with van der Waals surface area (Å²) in [7, 11) is 3.59. The summed E-state index contributed by atoms with van der Waals surface area (Å²) in [5.74, 6) is -0.116. The van der Waals surface area contributed by atoms with Crippen LogP contribution in [0.4, 0.5) is 0 Å². The van der Waals surface area contributed by atoms with Gasteiger partial charge in [-0.2, -0.15) is 0 Å². The maximum Gasteiger partial charge on any atom is 0.234 e. The summed E-state index contributed by atoms with van der Waals surface area (Å²) >= 11 is 0. The Balaban J connectivity index is 0.000000211. The zero-order valence-corrected chi connectivity index (χ0v) is 20.3. The van der Waals surface area contributed by atoms with Crippen molar-refractivity contribution in [3.05, 3.63) is 108 Å². The minimum Gasteiger partial charge on any atom is -0.348 e. The average molecular weight is 446 g/mol. The Morgan fingerprint density at radius 1 is 0.727 bits per heavy atom. The van der Waals surface area contributed by atoms with Crippen LogP contribution in [0.1, 0.15) is 54.8 Å². The van der Waals surface area contributed by atoms with E-state index in [4.69, 9.17) is 5.73 Å². The van der Waals surface area contributed by atoms with Gasteiger partial charge < -0.3 is 16.0 Å². The van der Waals surface area contributed by atoms with E-state index in [1.807, 2.05) is 97.9 Å². The van der Waals surface area contributed by atoms with Crippen LogP contribution in [-0.4, -0.2) is 38.0 Å². The molecule has 1 aliphatic heterocycles. The SMILES string of the molecule is C1CCNCC1.CN(C)C(=O)C(c1ccccc1)c1ccccc1.C[C@@H](N)c1ccccc1. The quantitative estimate of drug-likeness (QED) is 0.567. The second-order valence-electron chi connectivity index (χ2n) is 8.50. The van der Waals surface area contributed by atoms with Crippen LogP contribution in [-0.2, 0) is 4.79 Å². The predicted octanol–water partition coefficient (Wildman–Crippen LogP) is 5.37. The molecule has 4 nitrogen and oxygen atoms in total. The Labute approximate surface area is 199 Å². The van der Waals surface area contributed by atoms with E-state index in [1.54, 1.807) is 19.0 Å². The van der Waals surface area contributed by atoms with E-state index in [9.17, 15) is 4.79 Å². The zero-order chi connectivity index (χ0) is 23.9. The smallest absolute Gasteiger partial charge is 0.234 e. The highest BCUT2D eigenvalue weighted by atomic mass is 16.2. The number of hydrogen-bond donors (Lipinski definition) is 2. The second kappa shape index (κ2) is 15.0. The standard InChI is InChI=1S/C16H17NO.C8H11N.C5H11N/c1-17(2)16(18)15(13-9-5-3-6-10-13)14-11-7-4-8-12-14;1-7(9)8-5-3-2-4-6-8;1-2-4-6-5-3-1/h3-12,15H,1-2H3;2-7H,9H2,1H3;6H,1-5H2/t;7-;/m.1./s1. The fourth-order valence-electron chi connectivity index (χ4n) is 3.59. The first kappa shape index (κ1) is 26.3. The molecule has 3 N–H and O–H groups in total. The van der Waals surface area contributed by atoms with Gasteiger partial charge in [0.1, 0.15) is 0 Å². The normalized spacial score (nSPS) is 13.6. The Bertz CT molecular complexity index is 841. The maximum atomic E-state index is 12.4. The lowest BCUT2D eigenvalue weighted by Crippen LogP contribution is -2.28. The van der Waals surface area contributed by atoms with Gasteiger partial charge >= 0.3 is 0 Å². The van der Waals surface area contributed by atoms with Crippen LogP contribution in [0, 0.1) is 0 Å². The molecule has 0 saturated carbocycles. The van der Waals surface area contributed by atoms with Crippen molar-refractivity contribution in [3.63, 3.8) is 0 Å². The van der Waals surface area contributed by atoms with Crippen LogP contribution in [0.25, 0.3) is 0 Å². The van der Waals surface area contributed by atoms with Gasteiger partial charge in [-0.05, 0) is 49.5 Å². The molecule has 0 unspecified atom stereocenters. The zero-order valence-electron chi connectivity index (χ0n) is 20.3. The lowest BCUT2D eigenvalue weighted by atomic mass is 9.90. The molecule has 176 valence electrons. The van der Waals surface area contributed by atoms with Crippen LogP contribution in [0.2, 0.25) is 0 Å². The Morgan fingerprint density at radius 2 is 1.12 bits per heavy atom. The van der Waals surface area contributed by atoms with E-state index in [0.29, 0.717) is 0 Å². The topological polar surface area (TPSA) is 58.4 Å². The first-order valence-corrected chi connectivity index (χ1v) is 11.8. The number of nitrogens with one attached hydrogen (secondary N) is 1. The molecule has 3 aromatic carbocycles. The number of rotatable bonds is 4. The molecule has 1 atom stereocenters. The van der Waals surface area contributed by atoms with Gasteiger partial charge in [0, 0.05) is 20.1 Å². The molecule has 3 aromatic rings. The number of nitrogens with two attached hydrogens (primary N) is 1. The van der Waals surface area contributed by atoms with Crippen LogP contribution in [0.15, 0.2) is 91.0 Å². The number of likely N-dealkylation sites (N-methyl/N-ethyl adjacent to an activating group) is 1. The van der Waals surface area contributed by atoms with Gasteiger partial charge in [-0.1, -0.05) is 97.4 Å². The summed E-state index contributed by atoms with van der Waals surface area (Å²) < 4.78 is 0. The largest absolute Gasteiger partial charge is 0.348 e. The number of nitrogens with zero attached hydrogens (tertiary/aromatic N) is 1. The summed E-state index contributed by atoms with van der Waals surface area (Å²) in [4.78, 5) is 14.0. The van der Waals surface area contributed by atoms with E-state index >= 15 is 0 Å². The van der Waals surface area contributed by atoms with Crippen molar-refractivity contribution in [1.29, 1.82) is 0 Å². The minimum absolute atomic E-state index is 0.104. The molecule has 33 heavy (non-hydrogen) atoms. The Hall–Kier alpha value is -2.95. The van der Waals surface area contributed by atoms with Crippen molar-refractivity contribution in [2.24, 2.45) is 5.73 Å². The molecule has 0 aromatic heterocycles. The van der Waals surface area contributed by atoms with Gasteiger partial charge in [-0.25, -0.2) is 0 Å². The molecule has 1 aliphatic rings. The minimum atomic E-state index is -0.220. The predicted molar refractivity (Wildman–Crippen MR) is 139 cm³/mol. The number of carbonyl (C=O) groups excluding carboxylic acids is 1. The highest BCUT2D eigenvalue weighted by Gasteiger charge is 2.23. The van der Waals surface area contributed by atoms with Gasteiger partial charge in [0.2, 0.25) is 5.91 Å². The van der Waals surface area contributed by atoms with Crippen LogP contribution < -0.4 is 11.1 Å². The van der Waals surface area contributed by atoms with Crippen molar-refractivity contribution < 1.29 is 4.79 Å². The van der Waals surface area contributed by atoms with Gasteiger partial charge in [0.25, 0.3) is 0 Å². The van der Waals surface area contributed by atoms with Crippen molar-refractivity contribution in [3.8, 4) is 0 Å². The van der Waals surface area contributed by atoms with Crippen molar-refractivity contribution >= 4 is 5.91 Å². The molecule has 4 heteroatoms. The van der Waals surface area contributed by atoms with E-state index in [1.165, 1.54) is 37.9 Å². The lowest BCUT2D eigenvalue weighted by Gasteiger charge is -2.21. The Kier molecular flexibility index (Phi) is 11.9. The third-order valence-electron chi connectivity index (χ3n) is 5.49.